The first kappa shape index (κ1) is 9.05. The summed E-state index contributed by atoms with van der Waals surface area (Å²) in [5.74, 6) is -0.914. The number of hydrogen-bond donors (Lipinski definition) is 0. The number of alkyl halides is 3. The summed E-state index contributed by atoms with van der Waals surface area (Å²) in [6.45, 7) is 0. The van der Waals surface area contributed by atoms with E-state index in [0.29, 0.717) is 0 Å². The molecule has 1 aliphatic heterocycles. The topological polar surface area (TPSA) is 26.3 Å². The smallest absolute Gasteiger partial charge is 0.429 e. The van der Waals surface area contributed by atoms with E-state index in [-0.39, 0.29) is 11.1 Å². The highest BCUT2D eigenvalue weighted by Crippen LogP contribution is 2.41. The normalized spacial score (nSPS) is 20.5. The maximum Gasteiger partial charge on any atom is 0.429 e. The molecular formula is C9H5F3O2. The zero-order valence-electron chi connectivity index (χ0n) is 6.84. The summed E-state index contributed by atoms with van der Waals surface area (Å²) < 4.78 is 41.2. The van der Waals surface area contributed by atoms with Crippen molar-refractivity contribution in [2.45, 2.75) is 12.3 Å². The van der Waals surface area contributed by atoms with Crippen LogP contribution >= 0.6 is 0 Å². The quantitative estimate of drug-likeness (QED) is 0.604. The van der Waals surface area contributed by atoms with Gasteiger partial charge in [0.05, 0.1) is 5.56 Å². The molecule has 2 nitrogen and oxygen atoms in total. The lowest BCUT2D eigenvalue weighted by Gasteiger charge is -2.13. The molecule has 14 heavy (non-hydrogen) atoms. The van der Waals surface area contributed by atoms with Crippen molar-refractivity contribution in [2.75, 3.05) is 0 Å². The summed E-state index contributed by atoms with van der Waals surface area (Å²) in [6.07, 6.45) is -6.64. The van der Waals surface area contributed by atoms with Crippen LogP contribution in [0.1, 0.15) is 22.0 Å². The predicted octanol–water partition coefficient (Wildman–Crippen LogP) is 2.46. The van der Waals surface area contributed by atoms with Crippen LogP contribution in [0.3, 0.4) is 0 Å². The fourth-order valence-electron chi connectivity index (χ4n) is 1.39. The molecule has 5 heteroatoms. The van der Waals surface area contributed by atoms with E-state index in [4.69, 9.17) is 0 Å². The Balaban J connectivity index is 2.50. The second-order valence-corrected chi connectivity index (χ2v) is 2.91. The van der Waals surface area contributed by atoms with E-state index in [1.54, 1.807) is 0 Å². The highest BCUT2D eigenvalue weighted by molar-refractivity contribution is 5.94. The molecule has 0 aromatic heterocycles. The molecule has 0 radical (unpaired) electrons. The molecule has 1 aromatic rings. The van der Waals surface area contributed by atoms with Gasteiger partial charge in [0.15, 0.2) is 0 Å². The number of ether oxygens (including phenoxy) is 1. The van der Waals surface area contributed by atoms with E-state index in [2.05, 4.69) is 4.74 Å². The molecule has 74 valence electrons. The van der Waals surface area contributed by atoms with Gasteiger partial charge in [0.2, 0.25) is 6.10 Å². The van der Waals surface area contributed by atoms with E-state index in [0.717, 1.165) is 0 Å². The van der Waals surface area contributed by atoms with Crippen molar-refractivity contribution < 1.29 is 22.7 Å². The van der Waals surface area contributed by atoms with Gasteiger partial charge in [-0.2, -0.15) is 13.2 Å². The van der Waals surface area contributed by atoms with E-state index >= 15 is 0 Å². The molecule has 0 bridgehead atoms. The molecule has 1 heterocycles. The summed E-state index contributed by atoms with van der Waals surface area (Å²) in [4.78, 5) is 11.0. The van der Waals surface area contributed by atoms with Gasteiger partial charge in [0.25, 0.3) is 0 Å². The number of esters is 1. The lowest BCUT2D eigenvalue weighted by atomic mass is 10.1. The predicted molar refractivity (Wildman–Crippen MR) is 40.7 cm³/mol. The van der Waals surface area contributed by atoms with Crippen molar-refractivity contribution in [3.8, 4) is 0 Å². The van der Waals surface area contributed by atoms with Crippen LogP contribution < -0.4 is 0 Å². The molecule has 1 aromatic carbocycles. The molecular weight excluding hydrogens is 197 g/mol. The lowest BCUT2D eigenvalue weighted by Crippen LogP contribution is -2.20. The van der Waals surface area contributed by atoms with Crippen LogP contribution in [0.4, 0.5) is 13.2 Å². The van der Waals surface area contributed by atoms with Gasteiger partial charge in [-0.1, -0.05) is 18.2 Å². The summed E-state index contributed by atoms with van der Waals surface area (Å²) in [6, 6.07) is 5.51. The molecule has 0 saturated heterocycles. The second-order valence-electron chi connectivity index (χ2n) is 2.91. The molecule has 1 atom stereocenters. The van der Waals surface area contributed by atoms with Crippen LogP contribution in [0.2, 0.25) is 0 Å². The molecule has 0 spiro atoms. The minimum Gasteiger partial charge on any atom is -0.444 e. The summed E-state index contributed by atoms with van der Waals surface area (Å²) >= 11 is 0. The molecule has 0 amide bonds. The van der Waals surface area contributed by atoms with E-state index in [9.17, 15) is 18.0 Å². The van der Waals surface area contributed by atoms with Crippen LogP contribution in [-0.4, -0.2) is 12.1 Å². The third kappa shape index (κ3) is 1.25. The first-order chi connectivity index (χ1) is 6.50. The van der Waals surface area contributed by atoms with Gasteiger partial charge >= 0.3 is 12.1 Å². The SMILES string of the molecule is O=C1O[C@@H](C(F)(F)F)c2ccccc21. The summed E-state index contributed by atoms with van der Waals surface area (Å²) in [5, 5.41) is 0. The third-order valence-corrected chi connectivity index (χ3v) is 1.99. The largest absolute Gasteiger partial charge is 0.444 e. The number of benzene rings is 1. The van der Waals surface area contributed by atoms with Crippen molar-refractivity contribution in [3.63, 3.8) is 0 Å². The number of hydrogen-bond acceptors (Lipinski definition) is 2. The van der Waals surface area contributed by atoms with Gasteiger partial charge in [-0.05, 0) is 6.07 Å². The lowest BCUT2D eigenvalue weighted by molar-refractivity contribution is -0.203. The Bertz CT molecular complexity index is 384. The van der Waals surface area contributed by atoms with Crippen LogP contribution in [0.5, 0.6) is 0 Å². The average molecular weight is 202 g/mol. The number of rotatable bonds is 0. The average Bonchev–Trinajstić information content (AvgIpc) is 2.44. The maximum atomic E-state index is 12.3. The Hall–Kier alpha value is -1.52. The Morgan fingerprint density at radius 3 is 2.50 bits per heavy atom. The van der Waals surface area contributed by atoms with E-state index in [1.165, 1.54) is 24.3 Å². The zero-order chi connectivity index (χ0) is 10.3. The molecule has 2 rings (SSSR count). The van der Waals surface area contributed by atoms with Crippen LogP contribution in [0.15, 0.2) is 24.3 Å². The minimum absolute atomic E-state index is 0.00479. The van der Waals surface area contributed by atoms with Gasteiger partial charge < -0.3 is 4.74 Å². The van der Waals surface area contributed by atoms with Crippen molar-refractivity contribution in [1.82, 2.24) is 0 Å². The van der Waals surface area contributed by atoms with Gasteiger partial charge in [0.1, 0.15) is 0 Å². The molecule has 0 aliphatic carbocycles. The Labute approximate surface area is 77.3 Å². The summed E-state index contributed by atoms with van der Waals surface area (Å²) in [5.41, 5.74) is -0.111. The maximum absolute atomic E-state index is 12.3. The third-order valence-electron chi connectivity index (χ3n) is 1.99. The van der Waals surface area contributed by atoms with E-state index in [1.807, 2.05) is 0 Å². The van der Waals surface area contributed by atoms with Crippen molar-refractivity contribution in [2.24, 2.45) is 0 Å². The molecule has 0 unspecified atom stereocenters. The minimum atomic E-state index is -4.54. The number of carbonyl (C=O) groups excluding carboxylic acids is 1. The highest BCUT2D eigenvalue weighted by atomic mass is 19.4. The zero-order valence-corrected chi connectivity index (χ0v) is 6.84. The first-order valence-electron chi connectivity index (χ1n) is 3.87. The van der Waals surface area contributed by atoms with Gasteiger partial charge in [-0.25, -0.2) is 4.79 Å². The van der Waals surface area contributed by atoms with Gasteiger partial charge in [0, 0.05) is 5.56 Å². The summed E-state index contributed by atoms with van der Waals surface area (Å²) in [7, 11) is 0. The van der Waals surface area contributed by atoms with Crippen molar-refractivity contribution in [1.29, 1.82) is 0 Å². The van der Waals surface area contributed by atoms with Crippen LogP contribution in [-0.2, 0) is 4.74 Å². The number of carbonyl (C=O) groups is 1. The molecule has 0 fully saturated rings. The van der Waals surface area contributed by atoms with Crippen LogP contribution in [0.25, 0.3) is 0 Å². The van der Waals surface area contributed by atoms with Gasteiger partial charge in [-0.15, -0.1) is 0 Å². The number of fused-ring (bicyclic) bond motifs is 1. The Morgan fingerprint density at radius 1 is 1.21 bits per heavy atom. The van der Waals surface area contributed by atoms with E-state index < -0.39 is 18.2 Å². The fraction of sp³-hybridized carbons (Fsp3) is 0.222. The van der Waals surface area contributed by atoms with Crippen molar-refractivity contribution >= 4 is 5.97 Å². The molecule has 0 saturated carbocycles. The first-order valence-corrected chi connectivity index (χ1v) is 3.87. The standard InChI is InChI=1S/C9H5F3O2/c10-9(11,12)7-5-3-1-2-4-6(5)8(13)14-7/h1-4,7H/t7-/m1/s1. The Kier molecular flexibility index (Phi) is 1.77. The van der Waals surface area contributed by atoms with Crippen LogP contribution in [0, 0.1) is 0 Å². The Morgan fingerprint density at radius 2 is 1.86 bits per heavy atom. The molecule has 1 aliphatic rings. The van der Waals surface area contributed by atoms with Crippen molar-refractivity contribution in [3.05, 3.63) is 35.4 Å². The fourth-order valence-corrected chi connectivity index (χ4v) is 1.39. The number of cyclic esters (lactones) is 1. The number of halogens is 3. The monoisotopic (exact) mass is 202 g/mol. The van der Waals surface area contributed by atoms with Gasteiger partial charge in [-0.3, -0.25) is 0 Å². The molecule has 0 N–H and O–H groups in total. The second kappa shape index (κ2) is 2.73. The highest BCUT2D eigenvalue weighted by Gasteiger charge is 2.49.